The lowest BCUT2D eigenvalue weighted by Gasteiger charge is -2.28. The quantitative estimate of drug-likeness (QED) is 0.866. The average Bonchev–Trinajstić information content (AvgIpc) is 2.32. The summed E-state index contributed by atoms with van der Waals surface area (Å²) in [5, 5.41) is 3.42. The Morgan fingerprint density at radius 1 is 1.41 bits per heavy atom. The Labute approximate surface area is 104 Å². The number of nitrogens with one attached hydrogen (secondary N) is 1. The molecule has 2 heterocycles. The lowest BCUT2D eigenvalue weighted by atomic mass is 9.94. The molecular weight excluding hydrogens is 210 g/mol. The van der Waals surface area contributed by atoms with Crippen molar-refractivity contribution >= 4 is 5.82 Å². The van der Waals surface area contributed by atoms with Crippen LogP contribution in [0.4, 0.5) is 5.82 Å². The molecule has 0 saturated carbocycles. The lowest BCUT2D eigenvalue weighted by Crippen LogP contribution is -2.30. The summed E-state index contributed by atoms with van der Waals surface area (Å²) in [6.07, 6.45) is 5.83. The maximum absolute atomic E-state index is 4.31. The molecule has 1 aliphatic rings. The summed E-state index contributed by atoms with van der Waals surface area (Å²) in [7, 11) is 2.21. The minimum atomic E-state index is 0.892. The van der Waals surface area contributed by atoms with Gasteiger partial charge in [0.1, 0.15) is 5.82 Å². The fourth-order valence-corrected chi connectivity index (χ4v) is 2.39. The van der Waals surface area contributed by atoms with E-state index in [1.807, 2.05) is 12.3 Å². The number of aromatic nitrogens is 1. The first-order valence-electron chi connectivity index (χ1n) is 6.59. The van der Waals surface area contributed by atoms with Crippen LogP contribution in [-0.2, 0) is 0 Å². The average molecular weight is 233 g/mol. The van der Waals surface area contributed by atoms with E-state index >= 15 is 0 Å². The maximum atomic E-state index is 4.31. The van der Waals surface area contributed by atoms with Crippen LogP contribution in [0.25, 0.3) is 0 Å². The van der Waals surface area contributed by atoms with Gasteiger partial charge < -0.3 is 10.2 Å². The van der Waals surface area contributed by atoms with Crippen LogP contribution in [0.5, 0.6) is 0 Å². The maximum Gasteiger partial charge on any atom is 0.126 e. The van der Waals surface area contributed by atoms with Crippen molar-refractivity contribution in [2.75, 3.05) is 32.0 Å². The van der Waals surface area contributed by atoms with Gasteiger partial charge in [0.15, 0.2) is 0 Å². The van der Waals surface area contributed by atoms with E-state index in [1.165, 1.54) is 37.9 Å². The van der Waals surface area contributed by atoms with E-state index in [4.69, 9.17) is 0 Å². The summed E-state index contributed by atoms with van der Waals surface area (Å²) in [5.74, 6) is 1.90. The van der Waals surface area contributed by atoms with E-state index in [1.54, 1.807) is 0 Å². The zero-order valence-electron chi connectivity index (χ0n) is 10.9. The first-order chi connectivity index (χ1) is 8.24. The highest BCUT2D eigenvalue weighted by molar-refractivity contribution is 5.36. The molecule has 0 spiro atoms. The third-order valence-electron chi connectivity index (χ3n) is 3.61. The van der Waals surface area contributed by atoms with Gasteiger partial charge >= 0.3 is 0 Å². The van der Waals surface area contributed by atoms with Crippen LogP contribution in [0.3, 0.4) is 0 Å². The summed E-state index contributed by atoms with van der Waals surface area (Å²) >= 11 is 0. The summed E-state index contributed by atoms with van der Waals surface area (Å²) in [5.41, 5.74) is 1.27. The molecule has 2 rings (SSSR count). The molecule has 94 valence electrons. The highest BCUT2D eigenvalue weighted by Crippen LogP contribution is 2.19. The first-order valence-corrected chi connectivity index (χ1v) is 6.59. The molecule has 1 N–H and O–H groups in total. The van der Waals surface area contributed by atoms with Crippen LogP contribution in [-0.4, -0.2) is 36.6 Å². The fraction of sp³-hybridized carbons (Fsp3) is 0.643. The molecular formula is C14H23N3. The van der Waals surface area contributed by atoms with E-state index in [9.17, 15) is 0 Å². The van der Waals surface area contributed by atoms with Crippen LogP contribution >= 0.6 is 0 Å². The number of rotatable bonds is 4. The molecule has 0 unspecified atom stereocenters. The molecule has 1 aromatic rings. The van der Waals surface area contributed by atoms with Gasteiger partial charge in [-0.15, -0.1) is 0 Å². The second kappa shape index (κ2) is 6.01. The van der Waals surface area contributed by atoms with Crippen LogP contribution < -0.4 is 5.32 Å². The molecule has 0 atom stereocenters. The van der Waals surface area contributed by atoms with Crippen molar-refractivity contribution in [3.8, 4) is 0 Å². The zero-order chi connectivity index (χ0) is 12.1. The Bertz CT molecular complexity index is 343. The monoisotopic (exact) mass is 233 g/mol. The van der Waals surface area contributed by atoms with Crippen molar-refractivity contribution in [3.63, 3.8) is 0 Å². The van der Waals surface area contributed by atoms with Crippen molar-refractivity contribution in [1.29, 1.82) is 0 Å². The van der Waals surface area contributed by atoms with E-state index in [-0.39, 0.29) is 0 Å². The fourth-order valence-electron chi connectivity index (χ4n) is 2.39. The van der Waals surface area contributed by atoms with Crippen molar-refractivity contribution in [3.05, 3.63) is 23.9 Å². The Hall–Kier alpha value is -1.09. The van der Waals surface area contributed by atoms with Gasteiger partial charge in [-0.25, -0.2) is 4.98 Å². The summed E-state index contributed by atoms with van der Waals surface area (Å²) in [6.45, 7) is 5.66. The van der Waals surface area contributed by atoms with Crippen molar-refractivity contribution in [1.82, 2.24) is 9.88 Å². The van der Waals surface area contributed by atoms with E-state index < -0.39 is 0 Å². The number of nitrogens with zero attached hydrogens (tertiary/aromatic N) is 2. The van der Waals surface area contributed by atoms with Gasteiger partial charge in [-0.05, 0) is 69.9 Å². The van der Waals surface area contributed by atoms with Gasteiger partial charge in [0.25, 0.3) is 0 Å². The number of likely N-dealkylation sites (tertiary alicyclic amines) is 1. The Morgan fingerprint density at radius 3 is 2.88 bits per heavy atom. The van der Waals surface area contributed by atoms with Gasteiger partial charge in [-0.3, -0.25) is 0 Å². The molecule has 1 aliphatic heterocycles. The van der Waals surface area contributed by atoms with Crippen LogP contribution in [0.15, 0.2) is 18.3 Å². The van der Waals surface area contributed by atoms with Crippen molar-refractivity contribution < 1.29 is 0 Å². The summed E-state index contributed by atoms with van der Waals surface area (Å²) in [4.78, 5) is 6.74. The number of hydrogen-bond acceptors (Lipinski definition) is 3. The molecule has 3 nitrogen and oxygen atoms in total. The molecule has 0 bridgehead atoms. The molecule has 0 amide bonds. The van der Waals surface area contributed by atoms with Gasteiger partial charge in [0.05, 0.1) is 0 Å². The predicted octanol–water partition coefficient (Wildman–Crippen LogP) is 2.53. The number of aryl methyl sites for hydroxylation is 1. The molecule has 0 radical (unpaired) electrons. The standard InChI is InChI=1S/C14H23N3/c1-12-3-7-15-14(11-12)16-8-4-13-5-9-17(2)10-6-13/h3,7,11,13H,4-6,8-10H2,1-2H3,(H,15,16). The van der Waals surface area contributed by atoms with Crippen molar-refractivity contribution in [2.45, 2.75) is 26.2 Å². The van der Waals surface area contributed by atoms with Gasteiger partial charge in [-0.1, -0.05) is 0 Å². The number of pyridine rings is 1. The normalized spacial score (nSPS) is 18.2. The minimum Gasteiger partial charge on any atom is -0.370 e. The highest BCUT2D eigenvalue weighted by atomic mass is 15.1. The number of hydrogen-bond donors (Lipinski definition) is 1. The molecule has 0 aromatic carbocycles. The molecule has 17 heavy (non-hydrogen) atoms. The summed E-state index contributed by atoms with van der Waals surface area (Å²) in [6, 6.07) is 4.14. The van der Waals surface area contributed by atoms with Gasteiger partial charge in [-0.2, -0.15) is 0 Å². The SMILES string of the molecule is Cc1ccnc(NCCC2CCN(C)CC2)c1. The smallest absolute Gasteiger partial charge is 0.126 e. The van der Waals surface area contributed by atoms with E-state index in [2.05, 4.69) is 35.2 Å². The first kappa shape index (κ1) is 12.4. The number of piperidine rings is 1. The van der Waals surface area contributed by atoms with Crippen LogP contribution in [0, 0.1) is 12.8 Å². The van der Waals surface area contributed by atoms with Crippen molar-refractivity contribution in [2.24, 2.45) is 5.92 Å². The largest absolute Gasteiger partial charge is 0.370 e. The van der Waals surface area contributed by atoms with Crippen LogP contribution in [0.1, 0.15) is 24.8 Å². The van der Waals surface area contributed by atoms with Gasteiger partial charge in [0.2, 0.25) is 0 Å². The third-order valence-corrected chi connectivity index (χ3v) is 3.61. The molecule has 1 aromatic heterocycles. The summed E-state index contributed by atoms with van der Waals surface area (Å²) < 4.78 is 0. The Morgan fingerprint density at radius 2 is 2.18 bits per heavy atom. The predicted molar refractivity (Wildman–Crippen MR) is 72.3 cm³/mol. The number of anilines is 1. The van der Waals surface area contributed by atoms with E-state index in [0.717, 1.165) is 18.3 Å². The second-order valence-corrected chi connectivity index (χ2v) is 5.18. The Kier molecular flexibility index (Phi) is 4.37. The van der Waals surface area contributed by atoms with Gasteiger partial charge in [0, 0.05) is 12.7 Å². The lowest BCUT2D eigenvalue weighted by molar-refractivity contribution is 0.215. The highest BCUT2D eigenvalue weighted by Gasteiger charge is 2.15. The van der Waals surface area contributed by atoms with E-state index in [0.29, 0.717) is 0 Å². The Balaban J connectivity index is 1.69. The zero-order valence-corrected chi connectivity index (χ0v) is 10.9. The topological polar surface area (TPSA) is 28.2 Å². The molecule has 1 fully saturated rings. The minimum absolute atomic E-state index is 0.892. The molecule has 3 heteroatoms. The van der Waals surface area contributed by atoms with Crippen LogP contribution in [0.2, 0.25) is 0 Å². The molecule has 0 aliphatic carbocycles. The molecule has 1 saturated heterocycles. The second-order valence-electron chi connectivity index (χ2n) is 5.18. The third kappa shape index (κ3) is 4.00.